The lowest BCUT2D eigenvalue weighted by atomic mass is 9.98. The quantitative estimate of drug-likeness (QED) is 0.906. The number of carbonyl (C=O) groups excluding carboxylic acids is 2. The second kappa shape index (κ2) is 6.75. The van der Waals surface area contributed by atoms with Crippen molar-refractivity contribution in [2.75, 3.05) is 0 Å². The minimum atomic E-state index is -0.425. The van der Waals surface area contributed by atoms with Crippen molar-refractivity contribution in [2.45, 2.75) is 46.1 Å². The number of benzene rings is 1. The molecule has 0 unspecified atom stereocenters. The van der Waals surface area contributed by atoms with Crippen LogP contribution in [0.4, 0.5) is 4.39 Å². The van der Waals surface area contributed by atoms with Gasteiger partial charge in [0.1, 0.15) is 11.6 Å². The molecule has 1 amide bonds. The molecular weight excluding hydrogens is 319 g/mol. The van der Waals surface area contributed by atoms with E-state index in [1.54, 1.807) is 19.2 Å². The maximum Gasteiger partial charge on any atom is 0.251 e. The van der Waals surface area contributed by atoms with E-state index < -0.39 is 5.82 Å². The predicted molar refractivity (Wildman–Crippen MR) is 94.0 cm³/mol. The SMILES string of the molecule is CC(=O)Cc1cnc(-c2cc(C(=O)NC3CC3)cc(F)c2C)cc1C. The summed E-state index contributed by atoms with van der Waals surface area (Å²) in [6.07, 6.45) is 3.94. The number of nitrogens with zero attached hydrogens (tertiary/aromatic N) is 1. The molecule has 130 valence electrons. The minimum Gasteiger partial charge on any atom is -0.349 e. The molecule has 1 fully saturated rings. The molecule has 25 heavy (non-hydrogen) atoms. The van der Waals surface area contributed by atoms with Crippen molar-refractivity contribution >= 4 is 11.7 Å². The topological polar surface area (TPSA) is 59.1 Å². The van der Waals surface area contributed by atoms with Gasteiger partial charge in [0, 0.05) is 29.8 Å². The predicted octanol–water partition coefficient (Wildman–Crippen LogP) is 3.53. The van der Waals surface area contributed by atoms with E-state index in [1.807, 2.05) is 13.0 Å². The van der Waals surface area contributed by atoms with E-state index in [-0.39, 0.29) is 17.7 Å². The fourth-order valence-corrected chi connectivity index (χ4v) is 2.76. The Morgan fingerprint density at radius 3 is 2.56 bits per heavy atom. The molecule has 0 spiro atoms. The molecule has 1 aromatic heterocycles. The van der Waals surface area contributed by atoms with Gasteiger partial charge < -0.3 is 5.32 Å². The fraction of sp³-hybridized carbons (Fsp3) is 0.350. The molecule has 1 aromatic carbocycles. The second-order valence-corrected chi connectivity index (χ2v) is 6.75. The lowest BCUT2D eigenvalue weighted by Gasteiger charge is -2.12. The van der Waals surface area contributed by atoms with Crippen LogP contribution in [0.5, 0.6) is 0 Å². The van der Waals surface area contributed by atoms with E-state index in [0.29, 0.717) is 28.8 Å². The maximum atomic E-state index is 14.3. The summed E-state index contributed by atoms with van der Waals surface area (Å²) in [6, 6.07) is 5.00. The average Bonchev–Trinajstić information content (AvgIpc) is 3.35. The van der Waals surface area contributed by atoms with Crippen molar-refractivity contribution < 1.29 is 14.0 Å². The lowest BCUT2D eigenvalue weighted by Crippen LogP contribution is -2.25. The van der Waals surface area contributed by atoms with Gasteiger partial charge in [-0.05, 0) is 68.5 Å². The number of rotatable bonds is 5. The van der Waals surface area contributed by atoms with Gasteiger partial charge >= 0.3 is 0 Å². The zero-order valence-electron chi connectivity index (χ0n) is 14.6. The molecule has 1 N–H and O–H groups in total. The number of Topliss-reactive ketones (excluding diaryl/α,β-unsaturated/α-hetero) is 1. The maximum absolute atomic E-state index is 14.3. The molecule has 1 saturated carbocycles. The number of amides is 1. The fourth-order valence-electron chi connectivity index (χ4n) is 2.76. The molecule has 0 saturated heterocycles. The number of aryl methyl sites for hydroxylation is 1. The first-order chi connectivity index (χ1) is 11.8. The van der Waals surface area contributed by atoms with E-state index in [0.717, 1.165) is 24.0 Å². The Labute approximate surface area is 146 Å². The molecule has 0 aliphatic heterocycles. The van der Waals surface area contributed by atoms with Crippen LogP contribution < -0.4 is 5.32 Å². The summed E-state index contributed by atoms with van der Waals surface area (Å²) < 4.78 is 14.3. The van der Waals surface area contributed by atoms with E-state index in [4.69, 9.17) is 0 Å². The summed E-state index contributed by atoms with van der Waals surface area (Å²) in [6.45, 7) is 5.11. The third kappa shape index (κ3) is 3.92. The van der Waals surface area contributed by atoms with E-state index in [9.17, 15) is 14.0 Å². The number of carbonyl (C=O) groups is 2. The zero-order valence-corrected chi connectivity index (χ0v) is 14.6. The summed E-state index contributed by atoms with van der Waals surface area (Å²) in [5.74, 6) is -0.614. The van der Waals surface area contributed by atoms with Gasteiger partial charge in [-0.1, -0.05) is 0 Å². The van der Waals surface area contributed by atoms with Crippen LogP contribution in [0.2, 0.25) is 0 Å². The number of aromatic nitrogens is 1. The normalized spacial score (nSPS) is 13.6. The van der Waals surface area contributed by atoms with Crippen LogP contribution in [-0.4, -0.2) is 22.7 Å². The van der Waals surface area contributed by atoms with Crippen LogP contribution in [0.25, 0.3) is 11.3 Å². The Hall–Kier alpha value is -2.56. The molecule has 3 rings (SSSR count). The molecular formula is C20H21FN2O2. The van der Waals surface area contributed by atoms with Crippen LogP contribution in [0.15, 0.2) is 24.4 Å². The number of pyridine rings is 1. The minimum absolute atomic E-state index is 0.0682. The third-order valence-corrected chi connectivity index (χ3v) is 4.45. The second-order valence-electron chi connectivity index (χ2n) is 6.75. The number of hydrogen-bond donors (Lipinski definition) is 1. The highest BCUT2D eigenvalue weighted by Crippen LogP contribution is 2.28. The van der Waals surface area contributed by atoms with Crippen molar-refractivity contribution in [1.82, 2.24) is 10.3 Å². The first-order valence-electron chi connectivity index (χ1n) is 8.41. The summed E-state index contributed by atoms with van der Waals surface area (Å²) in [5.41, 5.74) is 3.73. The largest absolute Gasteiger partial charge is 0.349 e. The van der Waals surface area contributed by atoms with Gasteiger partial charge in [-0.2, -0.15) is 0 Å². The number of hydrogen-bond acceptors (Lipinski definition) is 3. The molecule has 4 nitrogen and oxygen atoms in total. The Morgan fingerprint density at radius 2 is 1.96 bits per heavy atom. The Morgan fingerprint density at radius 1 is 1.24 bits per heavy atom. The van der Waals surface area contributed by atoms with Crippen molar-refractivity contribution in [1.29, 1.82) is 0 Å². The molecule has 2 aromatic rings. The molecule has 5 heteroatoms. The van der Waals surface area contributed by atoms with E-state index in [1.165, 1.54) is 13.0 Å². The molecule has 0 atom stereocenters. The van der Waals surface area contributed by atoms with Crippen molar-refractivity contribution in [2.24, 2.45) is 0 Å². The van der Waals surface area contributed by atoms with E-state index >= 15 is 0 Å². The highest BCUT2D eigenvalue weighted by atomic mass is 19.1. The van der Waals surface area contributed by atoms with Crippen molar-refractivity contribution in [3.05, 3.63) is 52.5 Å². The monoisotopic (exact) mass is 340 g/mol. The van der Waals surface area contributed by atoms with Crippen LogP contribution in [-0.2, 0) is 11.2 Å². The highest BCUT2D eigenvalue weighted by molar-refractivity contribution is 5.96. The van der Waals surface area contributed by atoms with Gasteiger partial charge in [-0.15, -0.1) is 0 Å². The van der Waals surface area contributed by atoms with Crippen LogP contribution in [0.1, 0.15) is 46.8 Å². The summed E-state index contributed by atoms with van der Waals surface area (Å²) >= 11 is 0. The molecule has 1 heterocycles. The lowest BCUT2D eigenvalue weighted by molar-refractivity contribution is -0.116. The van der Waals surface area contributed by atoms with Gasteiger partial charge in [-0.25, -0.2) is 4.39 Å². The van der Waals surface area contributed by atoms with Crippen molar-refractivity contribution in [3.8, 4) is 11.3 Å². The first-order valence-corrected chi connectivity index (χ1v) is 8.41. The van der Waals surface area contributed by atoms with Gasteiger partial charge in [0.15, 0.2) is 0 Å². The highest BCUT2D eigenvalue weighted by Gasteiger charge is 2.24. The van der Waals surface area contributed by atoms with Gasteiger partial charge in [-0.3, -0.25) is 14.6 Å². The molecule has 0 radical (unpaired) electrons. The third-order valence-electron chi connectivity index (χ3n) is 4.45. The van der Waals surface area contributed by atoms with Crippen molar-refractivity contribution in [3.63, 3.8) is 0 Å². The Kier molecular flexibility index (Phi) is 4.66. The average molecular weight is 340 g/mol. The Bertz CT molecular complexity index is 857. The van der Waals surface area contributed by atoms with Gasteiger partial charge in [0.2, 0.25) is 0 Å². The van der Waals surface area contributed by atoms with Gasteiger partial charge in [0.25, 0.3) is 5.91 Å². The summed E-state index contributed by atoms with van der Waals surface area (Å²) in [5, 5.41) is 2.87. The van der Waals surface area contributed by atoms with Gasteiger partial charge in [0.05, 0.1) is 5.69 Å². The molecule has 1 aliphatic rings. The smallest absolute Gasteiger partial charge is 0.251 e. The van der Waals surface area contributed by atoms with Crippen LogP contribution in [0, 0.1) is 19.7 Å². The zero-order chi connectivity index (χ0) is 18.1. The summed E-state index contributed by atoms with van der Waals surface area (Å²) in [4.78, 5) is 27.9. The first kappa shape index (κ1) is 17.3. The number of ketones is 1. The van der Waals surface area contributed by atoms with Crippen LogP contribution in [0.3, 0.4) is 0 Å². The Balaban J connectivity index is 1.98. The standard InChI is InChI=1S/C20H21FN2O2/c1-11-6-19(22-10-15(11)7-12(2)24)17-8-14(9-18(21)13(17)3)20(25)23-16-4-5-16/h6,8-10,16H,4-5,7H2,1-3H3,(H,23,25). The molecule has 0 bridgehead atoms. The van der Waals surface area contributed by atoms with Crippen LogP contribution >= 0.6 is 0 Å². The van der Waals surface area contributed by atoms with E-state index in [2.05, 4.69) is 10.3 Å². The molecule has 1 aliphatic carbocycles. The summed E-state index contributed by atoms with van der Waals surface area (Å²) in [7, 11) is 0. The number of nitrogens with one attached hydrogen (secondary N) is 1. The number of halogens is 1.